The van der Waals surface area contributed by atoms with Gasteiger partial charge in [0.2, 0.25) is 0 Å². The molecule has 1 aliphatic heterocycles. The number of piperidine rings is 1. The summed E-state index contributed by atoms with van der Waals surface area (Å²) in [6.07, 6.45) is 7.11. The van der Waals surface area contributed by atoms with Crippen molar-refractivity contribution in [2.75, 3.05) is 6.54 Å². The maximum absolute atomic E-state index is 12.6. The van der Waals surface area contributed by atoms with Crippen LogP contribution >= 0.6 is 0 Å². The maximum atomic E-state index is 12.6. The molecule has 1 saturated heterocycles. The first kappa shape index (κ1) is 13.9. The average Bonchev–Trinajstić information content (AvgIpc) is 3.08. The van der Waals surface area contributed by atoms with Crippen molar-refractivity contribution in [3.63, 3.8) is 0 Å². The number of amides is 1. The molecule has 0 aliphatic carbocycles. The number of carbonyl (C=O) groups is 1. The lowest BCUT2D eigenvalue weighted by Gasteiger charge is -2.35. The lowest BCUT2D eigenvalue weighted by Crippen LogP contribution is -2.45. The predicted molar refractivity (Wildman–Crippen MR) is 79.1 cm³/mol. The Kier molecular flexibility index (Phi) is 3.82. The van der Waals surface area contributed by atoms with Gasteiger partial charge in [0.1, 0.15) is 5.76 Å². The number of likely N-dealkylation sites (tertiary alicyclic amines) is 1. The summed E-state index contributed by atoms with van der Waals surface area (Å²) >= 11 is 0. The quantitative estimate of drug-likeness (QED) is 0.872. The van der Waals surface area contributed by atoms with Crippen molar-refractivity contribution in [1.29, 1.82) is 0 Å². The van der Waals surface area contributed by atoms with Crippen LogP contribution in [0.25, 0.3) is 0 Å². The van der Waals surface area contributed by atoms with Gasteiger partial charge in [-0.15, -0.1) is 0 Å². The molecule has 1 unspecified atom stereocenters. The normalized spacial score (nSPS) is 19.0. The fourth-order valence-electron chi connectivity index (χ4n) is 2.93. The van der Waals surface area contributed by atoms with Crippen molar-refractivity contribution in [1.82, 2.24) is 14.7 Å². The van der Waals surface area contributed by atoms with Gasteiger partial charge in [0, 0.05) is 12.7 Å². The first-order chi connectivity index (χ1) is 10.1. The summed E-state index contributed by atoms with van der Waals surface area (Å²) in [5.74, 6) is 1.21. The fourth-order valence-corrected chi connectivity index (χ4v) is 2.93. The number of nitrogens with zero attached hydrogens (tertiary/aromatic N) is 3. The summed E-state index contributed by atoms with van der Waals surface area (Å²) in [5, 5.41) is 4.34. The molecular formula is C16H21N3O2. The van der Waals surface area contributed by atoms with E-state index in [1.807, 2.05) is 41.9 Å². The van der Waals surface area contributed by atoms with Crippen LogP contribution in [-0.2, 0) is 6.54 Å². The average molecular weight is 287 g/mol. The SMILES string of the molecule is Cc1cnn(CC2CCCCN2C(=O)c2ccc(C)o2)c1. The van der Waals surface area contributed by atoms with E-state index in [4.69, 9.17) is 4.42 Å². The van der Waals surface area contributed by atoms with E-state index in [0.717, 1.165) is 43.7 Å². The molecule has 1 fully saturated rings. The molecule has 5 heteroatoms. The Morgan fingerprint density at radius 1 is 1.38 bits per heavy atom. The minimum absolute atomic E-state index is 0.00308. The highest BCUT2D eigenvalue weighted by Gasteiger charge is 2.29. The number of furan rings is 1. The number of hydrogen-bond acceptors (Lipinski definition) is 3. The van der Waals surface area contributed by atoms with Crippen molar-refractivity contribution in [2.24, 2.45) is 0 Å². The first-order valence-corrected chi connectivity index (χ1v) is 7.50. The minimum Gasteiger partial charge on any atom is -0.456 e. The third-order valence-electron chi connectivity index (χ3n) is 4.00. The summed E-state index contributed by atoms with van der Waals surface area (Å²) in [6.45, 7) is 5.43. The smallest absolute Gasteiger partial charge is 0.289 e. The van der Waals surface area contributed by atoms with Crippen LogP contribution in [0.2, 0.25) is 0 Å². The largest absolute Gasteiger partial charge is 0.456 e. The Labute approximate surface area is 124 Å². The lowest BCUT2D eigenvalue weighted by molar-refractivity contribution is 0.0550. The number of hydrogen-bond donors (Lipinski definition) is 0. The molecule has 112 valence electrons. The Morgan fingerprint density at radius 3 is 2.90 bits per heavy atom. The second-order valence-electron chi connectivity index (χ2n) is 5.80. The summed E-state index contributed by atoms with van der Waals surface area (Å²) in [6, 6.07) is 3.79. The molecule has 2 aromatic rings. The van der Waals surface area contributed by atoms with Crippen molar-refractivity contribution in [3.05, 3.63) is 41.6 Å². The van der Waals surface area contributed by atoms with E-state index in [-0.39, 0.29) is 11.9 Å². The standard InChI is InChI=1S/C16H21N3O2/c1-12-9-17-18(10-12)11-14-5-3-4-8-19(14)16(20)15-7-6-13(2)21-15/h6-7,9-10,14H,3-5,8,11H2,1-2H3. The number of aryl methyl sites for hydroxylation is 2. The van der Waals surface area contributed by atoms with Gasteiger partial charge in [-0.25, -0.2) is 0 Å². The number of rotatable bonds is 3. The zero-order valence-corrected chi connectivity index (χ0v) is 12.6. The molecule has 21 heavy (non-hydrogen) atoms. The number of aromatic nitrogens is 2. The van der Waals surface area contributed by atoms with Crippen molar-refractivity contribution in [2.45, 2.75) is 45.7 Å². The highest BCUT2D eigenvalue weighted by Crippen LogP contribution is 2.22. The molecule has 1 aliphatic rings. The zero-order valence-electron chi connectivity index (χ0n) is 12.6. The third-order valence-corrected chi connectivity index (χ3v) is 4.00. The van der Waals surface area contributed by atoms with E-state index in [9.17, 15) is 4.79 Å². The van der Waals surface area contributed by atoms with Gasteiger partial charge < -0.3 is 9.32 Å². The van der Waals surface area contributed by atoms with Gasteiger partial charge in [-0.3, -0.25) is 9.48 Å². The van der Waals surface area contributed by atoms with E-state index >= 15 is 0 Å². The molecular weight excluding hydrogens is 266 g/mol. The van der Waals surface area contributed by atoms with Crippen LogP contribution in [0.4, 0.5) is 0 Å². The monoisotopic (exact) mass is 287 g/mol. The van der Waals surface area contributed by atoms with Crippen LogP contribution in [0, 0.1) is 13.8 Å². The molecule has 0 aromatic carbocycles. The topological polar surface area (TPSA) is 51.3 Å². The molecule has 3 heterocycles. The van der Waals surface area contributed by atoms with Gasteiger partial charge in [-0.1, -0.05) is 0 Å². The second kappa shape index (κ2) is 5.76. The number of carbonyl (C=O) groups excluding carboxylic acids is 1. The van der Waals surface area contributed by atoms with E-state index in [1.165, 1.54) is 0 Å². The molecule has 1 amide bonds. The minimum atomic E-state index is -0.00308. The molecule has 3 rings (SSSR count). The van der Waals surface area contributed by atoms with Crippen LogP contribution in [0.5, 0.6) is 0 Å². The summed E-state index contributed by atoms with van der Waals surface area (Å²) in [7, 11) is 0. The van der Waals surface area contributed by atoms with Gasteiger partial charge in [-0.2, -0.15) is 5.10 Å². The molecule has 0 saturated carbocycles. The lowest BCUT2D eigenvalue weighted by atomic mass is 10.0. The van der Waals surface area contributed by atoms with Crippen LogP contribution in [0.15, 0.2) is 28.9 Å². The van der Waals surface area contributed by atoms with Gasteiger partial charge in [0.15, 0.2) is 5.76 Å². The van der Waals surface area contributed by atoms with E-state index in [1.54, 1.807) is 6.07 Å². The highest BCUT2D eigenvalue weighted by molar-refractivity contribution is 5.91. The van der Waals surface area contributed by atoms with Crippen LogP contribution in [-0.4, -0.2) is 33.2 Å². The molecule has 0 radical (unpaired) electrons. The maximum Gasteiger partial charge on any atom is 0.289 e. The molecule has 5 nitrogen and oxygen atoms in total. The zero-order chi connectivity index (χ0) is 14.8. The molecule has 0 bridgehead atoms. The van der Waals surface area contributed by atoms with Crippen molar-refractivity contribution in [3.8, 4) is 0 Å². The van der Waals surface area contributed by atoms with Gasteiger partial charge in [0.25, 0.3) is 5.91 Å². The third kappa shape index (κ3) is 3.01. The summed E-state index contributed by atoms with van der Waals surface area (Å²) in [5.41, 5.74) is 1.14. The summed E-state index contributed by atoms with van der Waals surface area (Å²) < 4.78 is 7.42. The Morgan fingerprint density at radius 2 is 2.24 bits per heavy atom. The fraction of sp³-hybridized carbons (Fsp3) is 0.500. The predicted octanol–water partition coefficient (Wildman–Crippen LogP) is 2.79. The highest BCUT2D eigenvalue weighted by atomic mass is 16.3. The second-order valence-corrected chi connectivity index (χ2v) is 5.80. The van der Waals surface area contributed by atoms with E-state index in [2.05, 4.69) is 5.10 Å². The molecule has 1 atom stereocenters. The van der Waals surface area contributed by atoms with Crippen molar-refractivity contribution >= 4 is 5.91 Å². The Bertz CT molecular complexity index is 629. The van der Waals surface area contributed by atoms with E-state index < -0.39 is 0 Å². The van der Waals surface area contributed by atoms with Gasteiger partial charge in [-0.05, 0) is 50.8 Å². The Hall–Kier alpha value is -2.04. The molecule has 0 N–H and O–H groups in total. The van der Waals surface area contributed by atoms with Crippen molar-refractivity contribution < 1.29 is 9.21 Å². The van der Waals surface area contributed by atoms with Crippen LogP contribution < -0.4 is 0 Å². The summed E-state index contributed by atoms with van der Waals surface area (Å²) in [4.78, 5) is 14.6. The van der Waals surface area contributed by atoms with Gasteiger partial charge in [0.05, 0.1) is 18.8 Å². The molecule has 0 spiro atoms. The van der Waals surface area contributed by atoms with E-state index in [0.29, 0.717) is 5.76 Å². The Balaban J connectivity index is 1.76. The van der Waals surface area contributed by atoms with Gasteiger partial charge >= 0.3 is 0 Å². The first-order valence-electron chi connectivity index (χ1n) is 7.50. The molecule has 2 aromatic heterocycles. The van der Waals surface area contributed by atoms with Crippen LogP contribution in [0.3, 0.4) is 0 Å². The van der Waals surface area contributed by atoms with Crippen LogP contribution in [0.1, 0.15) is 41.1 Å².